The van der Waals surface area contributed by atoms with E-state index in [0.29, 0.717) is 12.8 Å². The number of hydrogen-bond acceptors (Lipinski definition) is 1. The first kappa shape index (κ1) is 14.1. The van der Waals surface area contributed by atoms with Gasteiger partial charge in [-0.25, -0.2) is 0 Å². The first-order valence-corrected chi connectivity index (χ1v) is 5.34. The van der Waals surface area contributed by atoms with E-state index in [1.54, 1.807) is 0 Å². The fourth-order valence-corrected chi connectivity index (χ4v) is 1.42. The Morgan fingerprint density at radius 2 is 2.00 bits per heavy atom. The molecule has 2 nitrogen and oxygen atoms in total. The molecule has 0 aliphatic carbocycles. The Morgan fingerprint density at radius 3 is 2.61 bits per heavy atom. The van der Waals surface area contributed by atoms with Gasteiger partial charge in [0.25, 0.3) is 5.91 Å². The van der Waals surface area contributed by atoms with E-state index in [1.807, 2.05) is 0 Å². The Morgan fingerprint density at radius 1 is 1.33 bits per heavy atom. The second-order valence-electron chi connectivity index (χ2n) is 3.61. The molecular formula is C13H12F3NO. The largest absolute Gasteiger partial charge is 0.417 e. The summed E-state index contributed by atoms with van der Waals surface area (Å²) in [6.07, 6.45) is 1.50. The van der Waals surface area contributed by atoms with Gasteiger partial charge >= 0.3 is 6.18 Å². The molecule has 1 aromatic rings. The molecule has 1 aromatic carbocycles. The zero-order valence-electron chi connectivity index (χ0n) is 9.55. The van der Waals surface area contributed by atoms with E-state index in [1.165, 1.54) is 12.1 Å². The van der Waals surface area contributed by atoms with Crippen LogP contribution in [0.25, 0.3) is 0 Å². The predicted octanol–water partition coefficient (Wildman–Crippen LogP) is 2.85. The summed E-state index contributed by atoms with van der Waals surface area (Å²) in [7, 11) is 0. The van der Waals surface area contributed by atoms with E-state index in [9.17, 15) is 18.0 Å². The van der Waals surface area contributed by atoms with Crippen LogP contribution in [0.15, 0.2) is 24.3 Å². The topological polar surface area (TPSA) is 29.1 Å². The lowest BCUT2D eigenvalue weighted by molar-refractivity contribution is -0.137. The maximum absolute atomic E-state index is 12.6. The molecule has 1 rings (SSSR count). The fourth-order valence-electron chi connectivity index (χ4n) is 1.42. The number of carbonyl (C=O) groups excluding carboxylic acids is 1. The highest BCUT2D eigenvalue weighted by atomic mass is 19.4. The van der Waals surface area contributed by atoms with Crippen molar-refractivity contribution in [3.8, 4) is 12.3 Å². The lowest BCUT2D eigenvalue weighted by Gasteiger charge is -2.12. The highest BCUT2D eigenvalue weighted by Crippen LogP contribution is 2.31. The van der Waals surface area contributed by atoms with E-state index in [-0.39, 0.29) is 12.1 Å². The SMILES string of the molecule is C#CCCCNC(=O)c1ccccc1C(F)(F)F. The van der Waals surface area contributed by atoms with Gasteiger partial charge in [-0.1, -0.05) is 12.1 Å². The molecule has 0 aliphatic heterocycles. The van der Waals surface area contributed by atoms with Crippen LogP contribution in [0.3, 0.4) is 0 Å². The normalized spacial score (nSPS) is 10.8. The van der Waals surface area contributed by atoms with Gasteiger partial charge in [-0.05, 0) is 18.6 Å². The van der Waals surface area contributed by atoms with Crippen LogP contribution < -0.4 is 5.32 Å². The Bertz CT molecular complexity index is 460. The van der Waals surface area contributed by atoms with Crippen LogP contribution in [-0.2, 0) is 6.18 Å². The highest BCUT2D eigenvalue weighted by Gasteiger charge is 2.34. The summed E-state index contributed by atoms with van der Waals surface area (Å²) in [5.41, 5.74) is -1.30. The summed E-state index contributed by atoms with van der Waals surface area (Å²) in [5, 5.41) is 2.41. The summed E-state index contributed by atoms with van der Waals surface area (Å²) in [5.74, 6) is 1.65. The van der Waals surface area contributed by atoms with Crippen molar-refractivity contribution in [2.24, 2.45) is 0 Å². The molecule has 1 amide bonds. The third-order valence-electron chi connectivity index (χ3n) is 2.26. The Labute approximate surface area is 103 Å². The standard InChI is InChI=1S/C13H12F3NO/c1-2-3-6-9-17-12(18)10-7-4-5-8-11(10)13(14,15)16/h1,4-5,7-8H,3,6,9H2,(H,17,18). The van der Waals surface area contributed by atoms with Crippen LogP contribution in [-0.4, -0.2) is 12.5 Å². The maximum atomic E-state index is 12.6. The number of amides is 1. The van der Waals surface area contributed by atoms with Crippen molar-refractivity contribution in [3.63, 3.8) is 0 Å². The minimum absolute atomic E-state index is 0.259. The van der Waals surface area contributed by atoms with Gasteiger partial charge in [0.15, 0.2) is 0 Å². The molecule has 0 aromatic heterocycles. The second-order valence-corrected chi connectivity index (χ2v) is 3.61. The molecule has 0 radical (unpaired) electrons. The van der Waals surface area contributed by atoms with E-state index in [2.05, 4.69) is 11.2 Å². The van der Waals surface area contributed by atoms with Crippen LogP contribution >= 0.6 is 0 Å². The van der Waals surface area contributed by atoms with Gasteiger partial charge in [-0.2, -0.15) is 13.2 Å². The number of carbonyl (C=O) groups is 1. The smallest absolute Gasteiger partial charge is 0.352 e. The lowest BCUT2D eigenvalue weighted by Crippen LogP contribution is -2.27. The molecule has 0 aliphatic rings. The van der Waals surface area contributed by atoms with Gasteiger partial charge in [0.05, 0.1) is 11.1 Å². The number of rotatable bonds is 4. The lowest BCUT2D eigenvalue weighted by atomic mass is 10.1. The second kappa shape index (κ2) is 6.10. The summed E-state index contributed by atoms with van der Waals surface area (Å²) in [4.78, 5) is 11.6. The average Bonchev–Trinajstić information content (AvgIpc) is 2.33. The molecule has 0 heterocycles. The van der Waals surface area contributed by atoms with E-state index < -0.39 is 17.6 Å². The van der Waals surface area contributed by atoms with E-state index >= 15 is 0 Å². The molecule has 0 saturated carbocycles. The van der Waals surface area contributed by atoms with E-state index in [4.69, 9.17) is 6.42 Å². The van der Waals surface area contributed by atoms with Gasteiger partial charge < -0.3 is 5.32 Å². The van der Waals surface area contributed by atoms with Gasteiger partial charge in [0, 0.05) is 13.0 Å². The first-order valence-electron chi connectivity index (χ1n) is 5.34. The Kier molecular flexibility index (Phi) is 4.78. The molecule has 0 atom stereocenters. The number of hydrogen-bond donors (Lipinski definition) is 1. The molecule has 5 heteroatoms. The van der Waals surface area contributed by atoms with Crippen molar-refractivity contribution < 1.29 is 18.0 Å². The Balaban J connectivity index is 2.77. The number of benzene rings is 1. The van der Waals surface area contributed by atoms with Crippen LogP contribution in [0.2, 0.25) is 0 Å². The molecular weight excluding hydrogens is 243 g/mol. The summed E-state index contributed by atoms with van der Waals surface area (Å²) in [6, 6.07) is 4.68. The van der Waals surface area contributed by atoms with Crippen molar-refractivity contribution in [2.75, 3.05) is 6.54 Å². The monoisotopic (exact) mass is 255 g/mol. The number of terminal acetylenes is 1. The molecule has 96 valence electrons. The number of unbranched alkanes of at least 4 members (excludes halogenated alkanes) is 1. The van der Waals surface area contributed by atoms with Crippen molar-refractivity contribution in [1.29, 1.82) is 0 Å². The van der Waals surface area contributed by atoms with Gasteiger partial charge in [0.2, 0.25) is 0 Å². The fraction of sp³-hybridized carbons (Fsp3) is 0.308. The average molecular weight is 255 g/mol. The van der Waals surface area contributed by atoms with Gasteiger partial charge in [-0.15, -0.1) is 12.3 Å². The summed E-state index contributed by atoms with van der Waals surface area (Å²) >= 11 is 0. The minimum Gasteiger partial charge on any atom is -0.352 e. The van der Waals surface area contributed by atoms with Crippen LogP contribution in [0.1, 0.15) is 28.8 Å². The molecule has 18 heavy (non-hydrogen) atoms. The molecule has 0 bridgehead atoms. The van der Waals surface area contributed by atoms with Gasteiger partial charge in [-0.3, -0.25) is 4.79 Å². The quantitative estimate of drug-likeness (QED) is 0.650. The third-order valence-corrected chi connectivity index (χ3v) is 2.26. The molecule has 0 spiro atoms. The van der Waals surface area contributed by atoms with Crippen molar-refractivity contribution in [3.05, 3.63) is 35.4 Å². The van der Waals surface area contributed by atoms with Crippen molar-refractivity contribution in [2.45, 2.75) is 19.0 Å². The predicted molar refractivity (Wildman–Crippen MR) is 61.8 cm³/mol. The maximum Gasteiger partial charge on any atom is 0.417 e. The van der Waals surface area contributed by atoms with Crippen LogP contribution in [0.5, 0.6) is 0 Å². The summed E-state index contributed by atoms with van der Waals surface area (Å²) < 4.78 is 37.9. The molecule has 1 N–H and O–H groups in total. The molecule has 0 fully saturated rings. The van der Waals surface area contributed by atoms with Crippen molar-refractivity contribution >= 4 is 5.91 Å². The van der Waals surface area contributed by atoms with Gasteiger partial charge in [0.1, 0.15) is 0 Å². The number of nitrogens with one attached hydrogen (secondary N) is 1. The Hall–Kier alpha value is -1.96. The number of alkyl halides is 3. The highest BCUT2D eigenvalue weighted by molar-refractivity contribution is 5.95. The van der Waals surface area contributed by atoms with E-state index in [0.717, 1.165) is 12.1 Å². The summed E-state index contributed by atoms with van der Waals surface area (Å²) in [6.45, 7) is 0.259. The van der Waals surface area contributed by atoms with Crippen LogP contribution in [0.4, 0.5) is 13.2 Å². The molecule has 0 unspecified atom stereocenters. The zero-order valence-corrected chi connectivity index (χ0v) is 9.55. The van der Waals surface area contributed by atoms with Crippen LogP contribution in [0, 0.1) is 12.3 Å². The molecule has 0 saturated heterocycles. The minimum atomic E-state index is -4.53. The number of halogens is 3. The first-order chi connectivity index (χ1) is 8.46. The zero-order chi connectivity index (χ0) is 13.6. The van der Waals surface area contributed by atoms with Crippen molar-refractivity contribution in [1.82, 2.24) is 5.32 Å². The third kappa shape index (κ3) is 3.81.